The molecule has 0 saturated carbocycles. The third kappa shape index (κ3) is 3.57. The van der Waals surface area contributed by atoms with E-state index in [0.29, 0.717) is 24.4 Å². The number of aliphatic hydroxyl groups excluding tert-OH is 1. The fourth-order valence-corrected chi connectivity index (χ4v) is 7.57. The first-order chi connectivity index (χ1) is 15.0. The average Bonchev–Trinajstić information content (AvgIpc) is 3.40. The van der Waals surface area contributed by atoms with Crippen molar-refractivity contribution < 1.29 is 24.2 Å². The van der Waals surface area contributed by atoms with Crippen molar-refractivity contribution in [3.63, 3.8) is 0 Å². The van der Waals surface area contributed by atoms with Gasteiger partial charge in [0.25, 0.3) is 0 Å². The van der Waals surface area contributed by atoms with E-state index in [2.05, 4.69) is 10.6 Å². The maximum Gasteiger partial charge on any atom is 0.248 e. The maximum absolute atomic E-state index is 13.4. The molecular weight excluding hydrogens is 418 g/mol. The Hall–Kier alpha value is -2.26. The van der Waals surface area contributed by atoms with Crippen LogP contribution in [-0.4, -0.2) is 70.6 Å². The Morgan fingerprint density at radius 3 is 2.68 bits per heavy atom. The number of nitrogens with one attached hydrogen (secondary N) is 2. The van der Waals surface area contributed by atoms with Crippen LogP contribution in [0.15, 0.2) is 24.3 Å². The second-order valence-electron chi connectivity index (χ2n) is 8.32. The fourth-order valence-electron chi connectivity index (χ4n) is 5.35. The van der Waals surface area contributed by atoms with Gasteiger partial charge in [-0.2, -0.15) is 0 Å². The van der Waals surface area contributed by atoms with Crippen LogP contribution >= 0.6 is 11.8 Å². The molecule has 1 aromatic rings. The molecule has 0 aliphatic carbocycles. The van der Waals surface area contributed by atoms with E-state index in [1.54, 1.807) is 43.1 Å². The highest BCUT2D eigenvalue weighted by Gasteiger charge is 2.73. The minimum atomic E-state index is -0.724. The zero-order valence-electron chi connectivity index (χ0n) is 17.8. The second kappa shape index (κ2) is 8.70. The van der Waals surface area contributed by atoms with Gasteiger partial charge in [-0.25, -0.2) is 0 Å². The van der Waals surface area contributed by atoms with E-state index < -0.39 is 22.6 Å². The molecule has 1 spiro atoms. The third-order valence-electron chi connectivity index (χ3n) is 6.60. The number of anilines is 1. The molecule has 3 aliphatic heterocycles. The smallest absolute Gasteiger partial charge is 0.248 e. The predicted octanol–water partition coefficient (Wildman–Crippen LogP) is 1.24. The van der Waals surface area contributed by atoms with Crippen LogP contribution in [-0.2, 0) is 14.4 Å². The first-order valence-corrected chi connectivity index (χ1v) is 11.7. The number of nitrogens with zero attached hydrogens (tertiary/aromatic N) is 1. The minimum Gasteiger partial charge on any atom is -0.497 e. The van der Waals surface area contributed by atoms with E-state index in [1.807, 2.05) is 6.92 Å². The number of ether oxygens (including phenoxy) is 1. The normalized spacial score (nSPS) is 30.9. The fraction of sp³-hybridized carbons (Fsp3) is 0.591. The van der Waals surface area contributed by atoms with Gasteiger partial charge < -0.3 is 25.4 Å². The first kappa shape index (κ1) is 22.0. The van der Waals surface area contributed by atoms with Crippen LogP contribution in [0.25, 0.3) is 0 Å². The van der Waals surface area contributed by atoms with Crippen molar-refractivity contribution in [2.75, 3.05) is 32.1 Å². The van der Waals surface area contributed by atoms with Gasteiger partial charge in [-0.15, -0.1) is 11.8 Å². The van der Waals surface area contributed by atoms with Crippen molar-refractivity contribution in [2.24, 2.45) is 11.8 Å². The zero-order chi connectivity index (χ0) is 22.2. The van der Waals surface area contributed by atoms with Crippen LogP contribution < -0.4 is 15.4 Å². The Kier molecular flexibility index (Phi) is 6.16. The number of hydrogen-bond acceptors (Lipinski definition) is 6. The van der Waals surface area contributed by atoms with Crippen LogP contribution in [0.5, 0.6) is 5.75 Å². The van der Waals surface area contributed by atoms with E-state index in [1.165, 1.54) is 4.90 Å². The van der Waals surface area contributed by atoms with Crippen molar-refractivity contribution in [1.82, 2.24) is 10.2 Å². The molecule has 0 radical (unpaired) electrons. The van der Waals surface area contributed by atoms with Crippen LogP contribution in [0.4, 0.5) is 5.69 Å². The lowest BCUT2D eigenvalue weighted by Gasteiger charge is -2.34. The summed E-state index contributed by atoms with van der Waals surface area (Å²) in [6.07, 6.45) is 2.33. The van der Waals surface area contributed by atoms with Gasteiger partial charge in [0.2, 0.25) is 17.7 Å². The van der Waals surface area contributed by atoms with Gasteiger partial charge in [0.15, 0.2) is 0 Å². The lowest BCUT2D eigenvalue weighted by molar-refractivity contribution is -0.139. The summed E-state index contributed by atoms with van der Waals surface area (Å²) in [5.41, 5.74) is 0.608. The van der Waals surface area contributed by atoms with Crippen LogP contribution in [0.3, 0.4) is 0 Å². The molecule has 3 saturated heterocycles. The van der Waals surface area contributed by atoms with Gasteiger partial charge in [0.1, 0.15) is 11.8 Å². The largest absolute Gasteiger partial charge is 0.497 e. The van der Waals surface area contributed by atoms with Crippen LogP contribution in [0.1, 0.15) is 26.2 Å². The Balaban J connectivity index is 1.62. The Bertz CT molecular complexity index is 863. The highest BCUT2D eigenvalue weighted by atomic mass is 32.2. The molecule has 0 aromatic heterocycles. The number of aliphatic hydroxyl groups is 1. The predicted molar refractivity (Wildman–Crippen MR) is 118 cm³/mol. The topological polar surface area (TPSA) is 108 Å². The number of benzene rings is 1. The number of methoxy groups -OCH3 is 1. The summed E-state index contributed by atoms with van der Waals surface area (Å²) in [5.74, 6) is -0.864. The van der Waals surface area contributed by atoms with Gasteiger partial charge in [0.05, 0.1) is 30.3 Å². The van der Waals surface area contributed by atoms with E-state index in [-0.39, 0.29) is 36.1 Å². The number of hydrogen-bond donors (Lipinski definition) is 3. The molecule has 9 heteroatoms. The van der Waals surface area contributed by atoms with Crippen molar-refractivity contribution in [1.29, 1.82) is 0 Å². The summed E-state index contributed by atoms with van der Waals surface area (Å²) >= 11 is 1.62. The number of thioether (sulfide) groups is 1. The van der Waals surface area contributed by atoms with E-state index in [0.717, 1.165) is 12.8 Å². The van der Waals surface area contributed by atoms with Crippen molar-refractivity contribution in [3.05, 3.63) is 24.3 Å². The molecule has 168 valence electrons. The molecular formula is C22H29N3O5S. The van der Waals surface area contributed by atoms with Gasteiger partial charge in [-0.1, -0.05) is 6.92 Å². The molecule has 4 rings (SSSR count). The molecule has 5 atom stereocenters. The molecule has 2 bridgehead atoms. The van der Waals surface area contributed by atoms with Crippen molar-refractivity contribution in [3.8, 4) is 5.75 Å². The molecule has 2 unspecified atom stereocenters. The maximum atomic E-state index is 13.4. The molecule has 3 heterocycles. The van der Waals surface area contributed by atoms with Gasteiger partial charge in [-0.05, 0) is 43.5 Å². The molecule has 3 N–H and O–H groups in total. The molecule has 1 aromatic carbocycles. The number of rotatable bonds is 8. The van der Waals surface area contributed by atoms with E-state index >= 15 is 0 Å². The second-order valence-corrected chi connectivity index (χ2v) is 9.92. The molecule has 3 amide bonds. The standard InChI is InChI=1S/C22H29N3O5S/c1-3-10-23-19(27)16-15-8-9-22(31-15)17(16)21(29)25(11-12-26)18(22)20(28)24-13-4-6-14(30-2)7-5-13/h4-7,15-18,26H,3,8-12H2,1-2H3,(H,23,27)(H,24,28)/t15-,16+,17-,18?,22?/m0/s1. The molecule has 3 aliphatic rings. The highest BCUT2D eigenvalue weighted by Crippen LogP contribution is 2.66. The summed E-state index contributed by atoms with van der Waals surface area (Å²) in [7, 11) is 1.57. The number of amides is 3. The summed E-state index contributed by atoms with van der Waals surface area (Å²) in [6, 6.07) is 6.29. The number of fused-ring (bicyclic) bond motifs is 1. The third-order valence-corrected chi connectivity index (χ3v) is 8.55. The Morgan fingerprint density at radius 2 is 2.03 bits per heavy atom. The zero-order valence-corrected chi connectivity index (χ0v) is 18.6. The van der Waals surface area contributed by atoms with Gasteiger partial charge in [0, 0.05) is 24.0 Å². The van der Waals surface area contributed by atoms with E-state index in [9.17, 15) is 19.5 Å². The van der Waals surface area contributed by atoms with Crippen LogP contribution in [0, 0.1) is 11.8 Å². The van der Waals surface area contributed by atoms with Gasteiger partial charge >= 0.3 is 0 Å². The lowest BCUT2D eigenvalue weighted by atomic mass is 9.70. The van der Waals surface area contributed by atoms with E-state index in [4.69, 9.17) is 4.74 Å². The van der Waals surface area contributed by atoms with Crippen LogP contribution in [0.2, 0.25) is 0 Å². The average molecular weight is 448 g/mol. The minimum absolute atomic E-state index is 0.0402. The summed E-state index contributed by atoms with van der Waals surface area (Å²) in [6.45, 7) is 2.40. The molecule has 8 nitrogen and oxygen atoms in total. The summed E-state index contributed by atoms with van der Waals surface area (Å²) in [4.78, 5) is 41.3. The quantitative estimate of drug-likeness (QED) is 0.554. The monoisotopic (exact) mass is 447 g/mol. The van der Waals surface area contributed by atoms with Gasteiger partial charge in [-0.3, -0.25) is 14.4 Å². The number of β-amino-alcohol motifs (C(OH)–C–C–N with tert-alkyl or cyclic N) is 1. The SMILES string of the molecule is CCCNC(=O)[C@@H]1[C@@H]2CCC3(S2)C(C(=O)Nc2ccc(OC)cc2)N(CCO)C(=O)[C@H]13. The van der Waals surface area contributed by atoms with Crippen molar-refractivity contribution >= 4 is 35.2 Å². The number of carbonyl (C=O) groups excluding carboxylic acids is 3. The molecule has 3 fully saturated rings. The Labute approximate surface area is 186 Å². The first-order valence-electron chi connectivity index (χ1n) is 10.8. The summed E-state index contributed by atoms with van der Waals surface area (Å²) in [5, 5.41) is 15.5. The number of likely N-dealkylation sites (tertiary alicyclic amines) is 1. The Morgan fingerprint density at radius 1 is 1.29 bits per heavy atom. The summed E-state index contributed by atoms with van der Waals surface area (Å²) < 4.78 is 4.52. The number of carbonyl (C=O) groups is 3. The molecule has 31 heavy (non-hydrogen) atoms. The lowest BCUT2D eigenvalue weighted by Crippen LogP contribution is -2.52. The highest BCUT2D eigenvalue weighted by molar-refractivity contribution is 8.02. The van der Waals surface area contributed by atoms with Crippen molar-refractivity contribution in [2.45, 2.75) is 42.2 Å².